The highest BCUT2D eigenvalue weighted by Crippen LogP contribution is 2.35. The lowest BCUT2D eigenvalue weighted by atomic mass is 9.74. The molecule has 5 nitrogen and oxygen atoms in total. The Morgan fingerprint density at radius 2 is 1.85 bits per heavy atom. The van der Waals surface area contributed by atoms with Crippen LogP contribution in [0.4, 0.5) is 0 Å². The Labute approximate surface area is 175 Å². The first-order chi connectivity index (χ1) is 12.2. The SMILES string of the molecule is CCCCCNC(=NC)NCC1(c2ccc(OC)cc2)CCOCC1.I. The minimum absolute atomic E-state index is 0. The van der Waals surface area contributed by atoms with Crippen LogP contribution in [0.5, 0.6) is 5.75 Å². The van der Waals surface area contributed by atoms with Gasteiger partial charge >= 0.3 is 0 Å². The van der Waals surface area contributed by atoms with Gasteiger partial charge in [-0.1, -0.05) is 31.9 Å². The van der Waals surface area contributed by atoms with E-state index in [-0.39, 0.29) is 29.4 Å². The van der Waals surface area contributed by atoms with Gasteiger partial charge in [0.2, 0.25) is 0 Å². The zero-order chi connectivity index (χ0) is 18.0. The summed E-state index contributed by atoms with van der Waals surface area (Å²) in [5.74, 6) is 1.78. The fourth-order valence-corrected chi connectivity index (χ4v) is 3.33. The predicted molar refractivity (Wildman–Crippen MR) is 119 cm³/mol. The molecule has 1 saturated heterocycles. The Kier molecular flexibility index (Phi) is 11.0. The molecule has 1 aromatic carbocycles. The number of rotatable bonds is 8. The molecule has 0 aromatic heterocycles. The molecule has 1 aromatic rings. The first-order valence-electron chi connectivity index (χ1n) is 9.41. The van der Waals surface area contributed by atoms with Crippen molar-refractivity contribution in [1.29, 1.82) is 0 Å². The van der Waals surface area contributed by atoms with Gasteiger partial charge in [0.15, 0.2) is 5.96 Å². The summed E-state index contributed by atoms with van der Waals surface area (Å²) in [5, 5.41) is 6.95. The van der Waals surface area contributed by atoms with Crippen LogP contribution in [-0.4, -0.2) is 46.4 Å². The molecule has 0 radical (unpaired) electrons. The van der Waals surface area contributed by atoms with Crippen molar-refractivity contribution in [3.8, 4) is 5.75 Å². The maximum atomic E-state index is 5.62. The molecule has 6 heteroatoms. The number of methoxy groups -OCH3 is 1. The summed E-state index contributed by atoms with van der Waals surface area (Å²) >= 11 is 0. The van der Waals surface area contributed by atoms with E-state index < -0.39 is 0 Å². The van der Waals surface area contributed by atoms with Gasteiger partial charge in [0.25, 0.3) is 0 Å². The maximum Gasteiger partial charge on any atom is 0.191 e. The maximum absolute atomic E-state index is 5.62. The third-order valence-electron chi connectivity index (χ3n) is 5.04. The Morgan fingerprint density at radius 1 is 1.15 bits per heavy atom. The van der Waals surface area contributed by atoms with E-state index in [0.717, 1.165) is 50.9 Å². The molecule has 0 atom stereocenters. The molecule has 0 amide bonds. The van der Waals surface area contributed by atoms with Crippen molar-refractivity contribution in [3.63, 3.8) is 0 Å². The molecule has 0 aliphatic carbocycles. The van der Waals surface area contributed by atoms with E-state index in [2.05, 4.69) is 34.7 Å². The first-order valence-corrected chi connectivity index (χ1v) is 9.41. The molecule has 0 bridgehead atoms. The molecule has 2 N–H and O–H groups in total. The zero-order valence-corrected chi connectivity index (χ0v) is 18.7. The molecule has 1 aliphatic rings. The molecule has 2 rings (SSSR count). The zero-order valence-electron chi connectivity index (χ0n) is 16.3. The van der Waals surface area contributed by atoms with Gasteiger partial charge < -0.3 is 20.1 Å². The number of benzene rings is 1. The number of nitrogens with one attached hydrogen (secondary N) is 2. The van der Waals surface area contributed by atoms with E-state index >= 15 is 0 Å². The minimum atomic E-state index is 0. The van der Waals surface area contributed by atoms with Gasteiger partial charge in [0.05, 0.1) is 7.11 Å². The van der Waals surface area contributed by atoms with Crippen LogP contribution in [0.15, 0.2) is 29.3 Å². The molecule has 0 unspecified atom stereocenters. The Bertz CT molecular complexity index is 528. The highest BCUT2D eigenvalue weighted by atomic mass is 127. The summed E-state index contributed by atoms with van der Waals surface area (Å²) in [7, 11) is 3.54. The van der Waals surface area contributed by atoms with E-state index in [9.17, 15) is 0 Å². The third kappa shape index (κ3) is 6.61. The van der Waals surface area contributed by atoms with Gasteiger partial charge in [-0.05, 0) is 37.0 Å². The summed E-state index contributed by atoms with van der Waals surface area (Å²) in [4.78, 5) is 4.37. The Balaban J connectivity index is 0.00000338. The molecule has 1 aliphatic heterocycles. The van der Waals surface area contributed by atoms with Crippen molar-refractivity contribution in [3.05, 3.63) is 29.8 Å². The van der Waals surface area contributed by atoms with Gasteiger partial charge in [-0.25, -0.2) is 0 Å². The monoisotopic (exact) mass is 475 g/mol. The van der Waals surface area contributed by atoms with Crippen LogP contribution in [0.3, 0.4) is 0 Å². The Morgan fingerprint density at radius 3 is 2.42 bits per heavy atom. The second-order valence-electron chi connectivity index (χ2n) is 6.68. The lowest BCUT2D eigenvalue weighted by molar-refractivity contribution is 0.0513. The second-order valence-corrected chi connectivity index (χ2v) is 6.68. The van der Waals surface area contributed by atoms with E-state index in [4.69, 9.17) is 9.47 Å². The average molecular weight is 475 g/mol. The summed E-state index contributed by atoms with van der Waals surface area (Å²) in [6, 6.07) is 8.46. The number of hydrogen-bond donors (Lipinski definition) is 2. The largest absolute Gasteiger partial charge is 0.497 e. The van der Waals surface area contributed by atoms with Gasteiger partial charge in [0, 0.05) is 38.8 Å². The summed E-state index contributed by atoms with van der Waals surface area (Å²) < 4.78 is 10.9. The van der Waals surface area contributed by atoms with Crippen LogP contribution in [0.1, 0.15) is 44.6 Å². The lowest BCUT2D eigenvalue weighted by Crippen LogP contribution is -2.48. The molecule has 1 fully saturated rings. The second kappa shape index (κ2) is 12.4. The van der Waals surface area contributed by atoms with E-state index in [1.54, 1.807) is 7.11 Å². The van der Waals surface area contributed by atoms with Crippen LogP contribution in [0.25, 0.3) is 0 Å². The topological polar surface area (TPSA) is 54.9 Å². The standard InChI is InChI=1S/C20H33N3O2.HI/c1-4-5-6-13-22-19(21-2)23-16-20(11-14-25-15-12-20)17-7-9-18(24-3)10-8-17;/h7-10H,4-6,11-16H2,1-3H3,(H2,21,22,23);1H. The number of ether oxygens (including phenoxy) is 2. The van der Waals surface area contributed by atoms with Crippen molar-refractivity contribution in [2.45, 2.75) is 44.4 Å². The van der Waals surface area contributed by atoms with Gasteiger partial charge in [0.1, 0.15) is 5.75 Å². The number of guanidine groups is 1. The van der Waals surface area contributed by atoms with E-state index in [0.29, 0.717) is 0 Å². The van der Waals surface area contributed by atoms with Crippen molar-refractivity contribution < 1.29 is 9.47 Å². The number of hydrogen-bond acceptors (Lipinski definition) is 3. The molecule has 0 saturated carbocycles. The minimum Gasteiger partial charge on any atom is -0.497 e. The fraction of sp³-hybridized carbons (Fsp3) is 0.650. The predicted octanol–water partition coefficient (Wildman–Crippen LogP) is 3.72. The first kappa shape index (κ1) is 23.0. The molecule has 0 spiro atoms. The summed E-state index contributed by atoms with van der Waals surface area (Å²) in [5.41, 5.74) is 1.41. The van der Waals surface area contributed by atoms with Gasteiger partial charge in [-0.3, -0.25) is 4.99 Å². The fourth-order valence-electron chi connectivity index (χ4n) is 3.33. The third-order valence-corrected chi connectivity index (χ3v) is 5.04. The molecular formula is C20H34IN3O2. The normalized spacial score (nSPS) is 16.5. The average Bonchev–Trinajstić information content (AvgIpc) is 2.68. The van der Waals surface area contributed by atoms with Crippen LogP contribution in [-0.2, 0) is 10.2 Å². The van der Waals surface area contributed by atoms with Gasteiger partial charge in [-0.2, -0.15) is 0 Å². The quantitative estimate of drug-likeness (QED) is 0.261. The lowest BCUT2D eigenvalue weighted by Gasteiger charge is -2.38. The van der Waals surface area contributed by atoms with Crippen LogP contribution >= 0.6 is 24.0 Å². The molecule has 26 heavy (non-hydrogen) atoms. The van der Waals surface area contributed by atoms with Crippen molar-refractivity contribution in [2.75, 3.05) is 40.5 Å². The number of aliphatic imine (C=N–C) groups is 1. The van der Waals surface area contributed by atoms with Crippen molar-refractivity contribution >= 4 is 29.9 Å². The van der Waals surface area contributed by atoms with Crippen molar-refractivity contribution in [1.82, 2.24) is 10.6 Å². The van der Waals surface area contributed by atoms with Crippen LogP contribution < -0.4 is 15.4 Å². The number of halogens is 1. The summed E-state index contributed by atoms with van der Waals surface area (Å²) in [6.45, 7) is 5.64. The van der Waals surface area contributed by atoms with E-state index in [1.807, 2.05) is 19.2 Å². The van der Waals surface area contributed by atoms with Crippen molar-refractivity contribution in [2.24, 2.45) is 4.99 Å². The highest BCUT2D eigenvalue weighted by molar-refractivity contribution is 14.0. The highest BCUT2D eigenvalue weighted by Gasteiger charge is 2.34. The number of nitrogens with zero attached hydrogens (tertiary/aromatic N) is 1. The van der Waals surface area contributed by atoms with E-state index in [1.165, 1.54) is 24.8 Å². The molecule has 148 valence electrons. The number of unbranched alkanes of at least 4 members (excludes halogenated alkanes) is 2. The molecular weight excluding hydrogens is 441 g/mol. The Hall–Kier alpha value is -1.02. The smallest absolute Gasteiger partial charge is 0.191 e. The van der Waals surface area contributed by atoms with Gasteiger partial charge in [-0.15, -0.1) is 24.0 Å². The molecule has 1 heterocycles. The summed E-state index contributed by atoms with van der Waals surface area (Å²) in [6.07, 6.45) is 5.68. The van der Waals surface area contributed by atoms with Crippen LogP contribution in [0.2, 0.25) is 0 Å². The van der Waals surface area contributed by atoms with Crippen LogP contribution in [0, 0.1) is 0 Å².